The Balaban J connectivity index is 1.89. The zero-order valence-electron chi connectivity index (χ0n) is 10.1. The second kappa shape index (κ2) is 4.61. The third-order valence-corrected chi connectivity index (χ3v) is 3.25. The number of benzene rings is 2. The lowest BCUT2D eigenvalue weighted by atomic mass is 10.00. The molecule has 3 nitrogen and oxygen atoms in total. The highest BCUT2D eigenvalue weighted by atomic mass is 16.5. The summed E-state index contributed by atoms with van der Waals surface area (Å²) in [6.07, 6.45) is 0.950. The molecule has 1 heterocycles. The number of nitrogen functional groups attached to an aromatic ring is 1. The van der Waals surface area contributed by atoms with Crippen LogP contribution in [-0.2, 0) is 0 Å². The third-order valence-electron chi connectivity index (χ3n) is 3.25. The Morgan fingerprint density at radius 2 is 1.83 bits per heavy atom. The van der Waals surface area contributed by atoms with Crippen LogP contribution in [0, 0.1) is 0 Å². The summed E-state index contributed by atoms with van der Waals surface area (Å²) >= 11 is 0. The zero-order valence-corrected chi connectivity index (χ0v) is 10.1. The van der Waals surface area contributed by atoms with Crippen LogP contribution in [0.1, 0.15) is 18.0 Å². The lowest BCUT2D eigenvalue weighted by molar-refractivity contribution is 0.274. The number of fused-ring (bicyclic) bond motifs is 1. The molecule has 92 valence electrons. The third kappa shape index (κ3) is 1.99. The molecule has 2 aromatic carbocycles. The van der Waals surface area contributed by atoms with E-state index in [4.69, 9.17) is 10.5 Å². The van der Waals surface area contributed by atoms with Crippen molar-refractivity contribution < 1.29 is 4.74 Å². The number of ether oxygens (including phenoxy) is 1. The molecule has 0 saturated heterocycles. The minimum Gasteiger partial charge on any atom is -0.493 e. The first-order valence-corrected chi connectivity index (χ1v) is 6.17. The summed E-state index contributed by atoms with van der Waals surface area (Å²) in [5.41, 5.74) is 8.93. The molecule has 1 unspecified atom stereocenters. The molecule has 1 aliphatic rings. The summed E-state index contributed by atoms with van der Waals surface area (Å²) in [4.78, 5) is 0. The number of hydrogen-bond acceptors (Lipinski definition) is 3. The van der Waals surface area contributed by atoms with E-state index in [-0.39, 0.29) is 6.04 Å². The van der Waals surface area contributed by atoms with Crippen molar-refractivity contribution in [3.05, 3.63) is 54.1 Å². The van der Waals surface area contributed by atoms with Gasteiger partial charge in [0.2, 0.25) is 0 Å². The molecule has 3 rings (SSSR count). The summed E-state index contributed by atoms with van der Waals surface area (Å²) in [6.45, 7) is 0.738. The summed E-state index contributed by atoms with van der Waals surface area (Å²) in [5, 5.41) is 3.50. The van der Waals surface area contributed by atoms with Crippen LogP contribution >= 0.6 is 0 Å². The Bertz CT molecular complexity index is 554. The molecule has 0 radical (unpaired) electrons. The molecule has 1 atom stereocenters. The van der Waals surface area contributed by atoms with Crippen LogP contribution in [-0.4, -0.2) is 6.61 Å². The van der Waals surface area contributed by atoms with Gasteiger partial charge in [0.25, 0.3) is 0 Å². The van der Waals surface area contributed by atoms with Crippen molar-refractivity contribution >= 4 is 11.4 Å². The predicted molar refractivity (Wildman–Crippen MR) is 73.8 cm³/mol. The molecule has 0 aromatic heterocycles. The molecule has 0 amide bonds. The zero-order chi connectivity index (χ0) is 12.4. The molecule has 3 N–H and O–H groups in total. The Kier molecular flexibility index (Phi) is 2.81. The molecule has 2 aromatic rings. The quantitative estimate of drug-likeness (QED) is 0.792. The SMILES string of the molecule is Nc1ccccc1NC1CCOc2ccccc21. The van der Waals surface area contributed by atoms with E-state index in [0.717, 1.165) is 30.2 Å². The predicted octanol–water partition coefficient (Wildman–Crippen LogP) is 3.20. The second-order valence-electron chi connectivity index (χ2n) is 4.46. The molecule has 1 aliphatic heterocycles. The highest BCUT2D eigenvalue weighted by Crippen LogP contribution is 2.34. The first kappa shape index (κ1) is 11.0. The van der Waals surface area contributed by atoms with Crippen molar-refractivity contribution in [2.75, 3.05) is 17.7 Å². The Hall–Kier alpha value is -2.16. The number of rotatable bonds is 2. The van der Waals surface area contributed by atoms with Crippen molar-refractivity contribution in [2.45, 2.75) is 12.5 Å². The van der Waals surface area contributed by atoms with E-state index in [1.165, 1.54) is 5.56 Å². The van der Waals surface area contributed by atoms with Crippen LogP contribution < -0.4 is 15.8 Å². The molecule has 0 spiro atoms. The second-order valence-corrected chi connectivity index (χ2v) is 4.46. The van der Waals surface area contributed by atoms with E-state index in [2.05, 4.69) is 11.4 Å². The molecular weight excluding hydrogens is 224 g/mol. The number of hydrogen-bond donors (Lipinski definition) is 2. The maximum Gasteiger partial charge on any atom is 0.124 e. The number of nitrogens with two attached hydrogens (primary N) is 1. The fourth-order valence-electron chi connectivity index (χ4n) is 2.31. The van der Waals surface area contributed by atoms with Gasteiger partial charge in [-0.1, -0.05) is 30.3 Å². The van der Waals surface area contributed by atoms with Crippen molar-refractivity contribution in [1.29, 1.82) is 0 Å². The highest BCUT2D eigenvalue weighted by molar-refractivity contribution is 5.66. The summed E-state index contributed by atoms with van der Waals surface area (Å²) in [6, 6.07) is 16.3. The topological polar surface area (TPSA) is 47.3 Å². The minimum atomic E-state index is 0.264. The van der Waals surface area contributed by atoms with Crippen LogP contribution in [0.2, 0.25) is 0 Å². The molecule has 3 heteroatoms. The molecule has 18 heavy (non-hydrogen) atoms. The standard InChI is InChI=1S/C15H16N2O/c16-12-6-2-3-7-14(12)17-13-9-10-18-15-8-4-1-5-11(13)15/h1-8,13,17H,9-10,16H2. The van der Waals surface area contributed by atoms with Gasteiger partial charge in [-0.3, -0.25) is 0 Å². The average Bonchev–Trinajstić information content (AvgIpc) is 2.42. The maximum atomic E-state index is 5.96. The summed E-state index contributed by atoms with van der Waals surface area (Å²) in [5.74, 6) is 0.968. The van der Waals surface area contributed by atoms with Crippen molar-refractivity contribution in [1.82, 2.24) is 0 Å². The highest BCUT2D eigenvalue weighted by Gasteiger charge is 2.21. The van der Waals surface area contributed by atoms with Crippen LogP contribution in [0.15, 0.2) is 48.5 Å². The van der Waals surface area contributed by atoms with E-state index in [1.807, 2.05) is 42.5 Å². The van der Waals surface area contributed by atoms with Gasteiger partial charge in [0.15, 0.2) is 0 Å². The summed E-state index contributed by atoms with van der Waals surface area (Å²) in [7, 11) is 0. The van der Waals surface area contributed by atoms with E-state index in [1.54, 1.807) is 0 Å². The van der Waals surface area contributed by atoms with Crippen LogP contribution in [0.25, 0.3) is 0 Å². The van der Waals surface area contributed by atoms with Gasteiger partial charge in [-0.15, -0.1) is 0 Å². The molecule has 0 bridgehead atoms. The number of nitrogens with one attached hydrogen (secondary N) is 1. The van der Waals surface area contributed by atoms with Gasteiger partial charge in [0, 0.05) is 12.0 Å². The van der Waals surface area contributed by atoms with Crippen LogP contribution in [0.3, 0.4) is 0 Å². The lowest BCUT2D eigenvalue weighted by Crippen LogP contribution is -2.20. The van der Waals surface area contributed by atoms with Crippen molar-refractivity contribution in [3.63, 3.8) is 0 Å². The monoisotopic (exact) mass is 240 g/mol. The van der Waals surface area contributed by atoms with E-state index in [9.17, 15) is 0 Å². The fourth-order valence-corrected chi connectivity index (χ4v) is 2.31. The van der Waals surface area contributed by atoms with Crippen molar-refractivity contribution in [3.8, 4) is 5.75 Å². The first-order valence-electron chi connectivity index (χ1n) is 6.17. The number of para-hydroxylation sites is 3. The average molecular weight is 240 g/mol. The number of anilines is 2. The van der Waals surface area contributed by atoms with E-state index in [0.29, 0.717) is 0 Å². The molecule has 0 fully saturated rings. The normalized spacial score (nSPS) is 17.7. The first-order chi connectivity index (χ1) is 8.84. The van der Waals surface area contributed by atoms with E-state index >= 15 is 0 Å². The summed E-state index contributed by atoms with van der Waals surface area (Å²) < 4.78 is 5.65. The minimum absolute atomic E-state index is 0.264. The Morgan fingerprint density at radius 3 is 2.72 bits per heavy atom. The van der Waals surface area contributed by atoms with Gasteiger partial charge >= 0.3 is 0 Å². The van der Waals surface area contributed by atoms with Gasteiger partial charge in [-0.05, 0) is 18.2 Å². The van der Waals surface area contributed by atoms with Gasteiger partial charge in [-0.2, -0.15) is 0 Å². The molecule has 0 aliphatic carbocycles. The van der Waals surface area contributed by atoms with Gasteiger partial charge in [-0.25, -0.2) is 0 Å². The largest absolute Gasteiger partial charge is 0.493 e. The molecular formula is C15H16N2O. The van der Waals surface area contributed by atoms with Gasteiger partial charge in [0.1, 0.15) is 5.75 Å². The van der Waals surface area contributed by atoms with E-state index < -0.39 is 0 Å². The maximum absolute atomic E-state index is 5.96. The lowest BCUT2D eigenvalue weighted by Gasteiger charge is -2.27. The van der Waals surface area contributed by atoms with Crippen molar-refractivity contribution in [2.24, 2.45) is 0 Å². The smallest absolute Gasteiger partial charge is 0.124 e. The van der Waals surface area contributed by atoms with Crippen LogP contribution in [0.5, 0.6) is 5.75 Å². The Morgan fingerprint density at radius 1 is 1.06 bits per heavy atom. The Labute approximate surface area is 107 Å². The molecule has 0 saturated carbocycles. The van der Waals surface area contributed by atoms with Gasteiger partial charge in [0.05, 0.1) is 24.0 Å². The van der Waals surface area contributed by atoms with Gasteiger partial charge < -0.3 is 15.8 Å². The van der Waals surface area contributed by atoms with Crippen LogP contribution in [0.4, 0.5) is 11.4 Å². The fraction of sp³-hybridized carbons (Fsp3) is 0.200.